The number of aromatic nitrogens is 5. The minimum atomic E-state index is 0.690. The smallest absolute Gasteiger partial charge is 0.147 e. The maximum atomic E-state index is 5.62. The minimum Gasteiger partial charge on any atom is -0.497 e. The fourth-order valence-electron chi connectivity index (χ4n) is 3.89. The molecule has 0 spiro atoms. The summed E-state index contributed by atoms with van der Waals surface area (Å²) >= 11 is 0. The number of rotatable bonds is 6. The highest BCUT2D eigenvalue weighted by molar-refractivity contribution is 5.94. The zero-order chi connectivity index (χ0) is 22.9. The highest BCUT2D eigenvalue weighted by atomic mass is 16.5. The second kappa shape index (κ2) is 8.31. The van der Waals surface area contributed by atoms with E-state index in [4.69, 9.17) is 14.6 Å². The molecular formula is C25H24N6O2. The van der Waals surface area contributed by atoms with Crippen LogP contribution in [0.4, 0.5) is 11.4 Å². The van der Waals surface area contributed by atoms with Gasteiger partial charge in [-0.2, -0.15) is 10.2 Å². The lowest BCUT2D eigenvalue weighted by Gasteiger charge is -2.12. The van der Waals surface area contributed by atoms with Gasteiger partial charge in [-0.15, -0.1) is 0 Å². The van der Waals surface area contributed by atoms with Crippen molar-refractivity contribution < 1.29 is 9.47 Å². The zero-order valence-corrected chi connectivity index (χ0v) is 18.9. The van der Waals surface area contributed by atoms with E-state index >= 15 is 0 Å². The van der Waals surface area contributed by atoms with Crippen molar-refractivity contribution in [1.29, 1.82) is 0 Å². The van der Waals surface area contributed by atoms with Crippen LogP contribution in [0.15, 0.2) is 67.0 Å². The van der Waals surface area contributed by atoms with Crippen molar-refractivity contribution in [2.75, 3.05) is 19.5 Å². The number of hydrogen-bond acceptors (Lipinski definition) is 6. The molecule has 166 valence electrons. The number of nitrogens with one attached hydrogen (secondary N) is 1. The summed E-state index contributed by atoms with van der Waals surface area (Å²) in [5, 5.41) is 13.9. The Bertz CT molecular complexity index is 1450. The molecule has 0 radical (unpaired) electrons. The lowest BCUT2D eigenvalue weighted by atomic mass is 10.1. The van der Waals surface area contributed by atoms with E-state index in [0.29, 0.717) is 11.6 Å². The lowest BCUT2D eigenvalue weighted by Crippen LogP contribution is -2.01. The summed E-state index contributed by atoms with van der Waals surface area (Å²) in [4.78, 5) is 4.20. The van der Waals surface area contributed by atoms with E-state index in [1.54, 1.807) is 25.2 Å². The fraction of sp³-hybridized carbons (Fsp3) is 0.160. The van der Waals surface area contributed by atoms with Gasteiger partial charge in [-0.25, -0.2) is 14.3 Å². The Balaban J connectivity index is 1.53. The predicted octanol–water partition coefficient (Wildman–Crippen LogP) is 4.98. The summed E-state index contributed by atoms with van der Waals surface area (Å²) in [6.45, 7) is 3.92. The molecule has 8 nitrogen and oxygen atoms in total. The number of aryl methyl sites for hydroxylation is 2. The second-order valence-electron chi connectivity index (χ2n) is 7.65. The summed E-state index contributed by atoms with van der Waals surface area (Å²) < 4.78 is 14.6. The third-order valence-corrected chi connectivity index (χ3v) is 5.55. The Hall–Kier alpha value is -4.33. The predicted molar refractivity (Wildman–Crippen MR) is 128 cm³/mol. The third-order valence-electron chi connectivity index (χ3n) is 5.55. The van der Waals surface area contributed by atoms with E-state index in [2.05, 4.69) is 28.4 Å². The highest BCUT2D eigenvalue weighted by Gasteiger charge is 2.14. The first-order valence-corrected chi connectivity index (χ1v) is 10.5. The molecule has 8 heteroatoms. The molecular weight excluding hydrogens is 416 g/mol. The monoisotopic (exact) mass is 440 g/mol. The first kappa shape index (κ1) is 20.6. The van der Waals surface area contributed by atoms with E-state index in [9.17, 15) is 0 Å². The standard InChI is InChI=1S/C25H24N6O2/c1-16-21-9-6-10-22(25(21)29-31(16)19-7-5-8-20(14-19)32-3)27-18-11-12-23(24(13-18)33-4)30-15-26-17(2)28-30/h5-15,27H,1-4H3. The zero-order valence-electron chi connectivity index (χ0n) is 18.9. The van der Waals surface area contributed by atoms with Crippen molar-refractivity contribution in [2.24, 2.45) is 0 Å². The first-order valence-electron chi connectivity index (χ1n) is 10.5. The van der Waals surface area contributed by atoms with Gasteiger partial charge in [-0.05, 0) is 44.2 Å². The van der Waals surface area contributed by atoms with Crippen LogP contribution in [0, 0.1) is 13.8 Å². The number of nitrogens with zero attached hydrogens (tertiary/aromatic N) is 5. The second-order valence-corrected chi connectivity index (χ2v) is 7.65. The number of benzene rings is 3. The molecule has 0 aliphatic carbocycles. The van der Waals surface area contributed by atoms with Crippen LogP contribution in [-0.4, -0.2) is 38.8 Å². The molecule has 0 atom stereocenters. The topological polar surface area (TPSA) is 79.0 Å². The van der Waals surface area contributed by atoms with Crippen LogP contribution in [0.5, 0.6) is 11.5 Å². The third kappa shape index (κ3) is 3.76. The molecule has 0 amide bonds. The summed E-state index contributed by atoms with van der Waals surface area (Å²) in [6, 6.07) is 19.9. The van der Waals surface area contributed by atoms with Gasteiger partial charge in [0, 0.05) is 28.9 Å². The van der Waals surface area contributed by atoms with Gasteiger partial charge < -0.3 is 14.8 Å². The Kier molecular flexibility index (Phi) is 5.18. The van der Waals surface area contributed by atoms with E-state index in [1.807, 2.05) is 66.2 Å². The quantitative estimate of drug-likeness (QED) is 0.401. The molecule has 33 heavy (non-hydrogen) atoms. The molecule has 5 aromatic rings. The molecule has 1 N–H and O–H groups in total. The van der Waals surface area contributed by atoms with Gasteiger partial charge in [0.25, 0.3) is 0 Å². The Morgan fingerprint density at radius 3 is 2.48 bits per heavy atom. The van der Waals surface area contributed by atoms with Gasteiger partial charge in [0.2, 0.25) is 0 Å². The minimum absolute atomic E-state index is 0.690. The molecule has 3 aromatic carbocycles. The largest absolute Gasteiger partial charge is 0.497 e. The SMILES string of the molecule is COc1cccc(-n2nc3c(Nc4ccc(-n5cnc(C)n5)c(OC)c4)cccc3c2C)c1. The van der Waals surface area contributed by atoms with Crippen molar-refractivity contribution in [2.45, 2.75) is 13.8 Å². The molecule has 0 unspecified atom stereocenters. The molecule has 0 saturated carbocycles. The molecule has 5 rings (SSSR count). The molecule has 2 aromatic heterocycles. The average molecular weight is 441 g/mol. The maximum absolute atomic E-state index is 5.62. The first-order chi connectivity index (χ1) is 16.1. The van der Waals surface area contributed by atoms with Crippen LogP contribution in [-0.2, 0) is 0 Å². The number of methoxy groups -OCH3 is 2. The Morgan fingerprint density at radius 1 is 0.879 bits per heavy atom. The van der Waals surface area contributed by atoms with Crippen molar-refractivity contribution in [1.82, 2.24) is 24.5 Å². The number of anilines is 2. The van der Waals surface area contributed by atoms with Gasteiger partial charge in [-0.3, -0.25) is 0 Å². The average Bonchev–Trinajstić information content (AvgIpc) is 3.43. The number of hydrogen-bond donors (Lipinski definition) is 1. The summed E-state index contributed by atoms with van der Waals surface area (Å²) in [6.07, 6.45) is 1.68. The number of ether oxygens (including phenoxy) is 2. The number of fused-ring (bicyclic) bond motifs is 1. The van der Waals surface area contributed by atoms with Gasteiger partial charge in [0.05, 0.1) is 25.6 Å². The Morgan fingerprint density at radius 2 is 1.73 bits per heavy atom. The summed E-state index contributed by atoms with van der Waals surface area (Å²) in [7, 11) is 3.31. The van der Waals surface area contributed by atoms with Crippen molar-refractivity contribution >= 4 is 22.3 Å². The molecule has 0 aliphatic rings. The van der Waals surface area contributed by atoms with Crippen LogP contribution < -0.4 is 14.8 Å². The summed E-state index contributed by atoms with van der Waals surface area (Å²) in [5.74, 6) is 2.18. The molecule has 0 fully saturated rings. The van der Waals surface area contributed by atoms with Gasteiger partial charge in [0.15, 0.2) is 0 Å². The van der Waals surface area contributed by atoms with Crippen LogP contribution >= 0.6 is 0 Å². The van der Waals surface area contributed by atoms with Crippen LogP contribution in [0.25, 0.3) is 22.3 Å². The summed E-state index contributed by atoms with van der Waals surface area (Å²) in [5.41, 5.74) is 5.49. The van der Waals surface area contributed by atoms with E-state index in [-0.39, 0.29) is 0 Å². The lowest BCUT2D eigenvalue weighted by molar-refractivity contribution is 0.412. The van der Waals surface area contributed by atoms with Crippen molar-refractivity contribution in [3.05, 3.63) is 78.5 Å². The molecule has 0 aliphatic heterocycles. The van der Waals surface area contributed by atoms with E-state index < -0.39 is 0 Å². The van der Waals surface area contributed by atoms with E-state index in [1.165, 1.54) is 0 Å². The molecule has 0 saturated heterocycles. The van der Waals surface area contributed by atoms with Gasteiger partial charge in [0.1, 0.15) is 34.9 Å². The van der Waals surface area contributed by atoms with Crippen LogP contribution in [0.1, 0.15) is 11.5 Å². The van der Waals surface area contributed by atoms with Gasteiger partial charge >= 0.3 is 0 Å². The Labute approximate surface area is 191 Å². The maximum Gasteiger partial charge on any atom is 0.147 e. The molecule has 2 heterocycles. The highest BCUT2D eigenvalue weighted by Crippen LogP contribution is 2.32. The van der Waals surface area contributed by atoms with Crippen LogP contribution in [0.2, 0.25) is 0 Å². The van der Waals surface area contributed by atoms with Gasteiger partial charge in [-0.1, -0.05) is 18.2 Å². The van der Waals surface area contributed by atoms with Crippen LogP contribution in [0.3, 0.4) is 0 Å². The van der Waals surface area contributed by atoms with E-state index in [0.717, 1.165) is 45.1 Å². The van der Waals surface area contributed by atoms with Crippen molar-refractivity contribution in [3.8, 4) is 22.9 Å². The molecule has 0 bridgehead atoms. The van der Waals surface area contributed by atoms with Crippen molar-refractivity contribution in [3.63, 3.8) is 0 Å². The normalized spacial score (nSPS) is 11.0. The fourth-order valence-corrected chi connectivity index (χ4v) is 3.89.